The van der Waals surface area contributed by atoms with Crippen LogP contribution in [-0.4, -0.2) is 29.0 Å². The highest BCUT2D eigenvalue weighted by Gasteiger charge is 2.35. The van der Waals surface area contributed by atoms with Crippen molar-refractivity contribution in [3.8, 4) is 17.0 Å². The first-order valence-electron chi connectivity index (χ1n) is 11.0. The number of aromatic nitrogens is 2. The molecule has 1 aliphatic carbocycles. The van der Waals surface area contributed by atoms with Crippen LogP contribution in [-0.2, 0) is 28.7 Å². The molecule has 2 aromatic carbocycles. The minimum absolute atomic E-state index is 0.145. The Morgan fingerprint density at radius 2 is 1.94 bits per heavy atom. The summed E-state index contributed by atoms with van der Waals surface area (Å²) in [4.78, 5) is 11.8. The Morgan fingerprint density at radius 3 is 2.67 bits per heavy atom. The first-order valence-corrected chi connectivity index (χ1v) is 11.0. The maximum Gasteiger partial charge on any atom is 0.435 e. The number of nitrogens with zero attached hydrogens (tertiary/aromatic N) is 2. The van der Waals surface area contributed by atoms with Crippen molar-refractivity contribution in [1.82, 2.24) is 9.78 Å². The molecule has 0 N–H and O–H groups in total. The molecule has 1 aromatic heterocycles. The van der Waals surface area contributed by atoms with Gasteiger partial charge in [0.05, 0.1) is 25.3 Å². The maximum atomic E-state index is 13.2. The van der Waals surface area contributed by atoms with Crippen molar-refractivity contribution < 1.29 is 27.4 Å². The molecule has 0 unspecified atom stereocenters. The van der Waals surface area contributed by atoms with Gasteiger partial charge in [-0.1, -0.05) is 36.4 Å². The van der Waals surface area contributed by atoms with Crippen molar-refractivity contribution >= 4 is 5.97 Å². The first-order chi connectivity index (χ1) is 15.8. The van der Waals surface area contributed by atoms with Gasteiger partial charge in [0.15, 0.2) is 5.69 Å². The van der Waals surface area contributed by atoms with Gasteiger partial charge in [-0.25, -0.2) is 0 Å². The number of benzene rings is 2. The van der Waals surface area contributed by atoms with Crippen molar-refractivity contribution in [2.75, 3.05) is 13.2 Å². The van der Waals surface area contributed by atoms with Gasteiger partial charge in [0.2, 0.25) is 0 Å². The number of halogens is 3. The number of fused-ring (bicyclic) bond motifs is 1. The zero-order chi connectivity index (χ0) is 23.4. The van der Waals surface area contributed by atoms with Crippen molar-refractivity contribution in [3.05, 3.63) is 71.4 Å². The lowest BCUT2D eigenvalue weighted by molar-refractivity contribution is -0.143. The summed E-state index contributed by atoms with van der Waals surface area (Å²) in [6.45, 7) is 2.50. The van der Waals surface area contributed by atoms with E-state index in [2.05, 4.69) is 5.10 Å². The smallest absolute Gasteiger partial charge is 0.435 e. The van der Waals surface area contributed by atoms with Gasteiger partial charge in [-0.15, -0.1) is 0 Å². The Hall–Kier alpha value is -3.29. The van der Waals surface area contributed by atoms with Crippen LogP contribution in [0.3, 0.4) is 0 Å². The molecule has 0 saturated carbocycles. The van der Waals surface area contributed by atoms with E-state index in [4.69, 9.17) is 9.47 Å². The molecular formula is C25H25F3N2O3. The molecule has 0 spiro atoms. The second-order valence-electron chi connectivity index (χ2n) is 7.96. The van der Waals surface area contributed by atoms with E-state index < -0.39 is 11.9 Å². The van der Waals surface area contributed by atoms with Gasteiger partial charge in [0, 0.05) is 0 Å². The monoisotopic (exact) mass is 458 g/mol. The van der Waals surface area contributed by atoms with Crippen LogP contribution in [0.4, 0.5) is 13.2 Å². The van der Waals surface area contributed by atoms with Crippen molar-refractivity contribution in [1.29, 1.82) is 0 Å². The number of hydrogen-bond donors (Lipinski definition) is 0. The molecule has 1 atom stereocenters. The van der Waals surface area contributed by atoms with E-state index in [1.807, 2.05) is 24.3 Å². The molecule has 0 bridgehead atoms. The summed E-state index contributed by atoms with van der Waals surface area (Å²) in [6, 6.07) is 15.7. The minimum Gasteiger partial charge on any atom is -0.492 e. The van der Waals surface area contributed by atoms with Crippen LogP contribution < -0.4 is 4.74 Å². The third-order valence-electron chi connectivity index (χ3n) is 5.75. The number of carbonyl (C=O) groups excluding carboxylic acids is 1. The van der Waals surface area contributed by atoms with Gasteiger partial charge in [0.1, 0.15) is 12.4 Å². The Morgan fingerprint density at radius 1 is 1.15 bits per heavy atom. The second kappa shape index (κ2) is 9.68. The Bertz CT molecular complexity index is 1110. The zero-order valence-electron chi connectivity index (χ0n) is 18.3. The second-order valence-corrected chi connectivity index (χ2v) is 7.96. The fourth-order valence-electron chi connectivity index (χ4n) is 4.22. The Kier molecular flexibility index (Phi) is 6.72. The molecule has 0 aliphatic heterocycles. The average Bonchev–Trinajstić information content (AvgIpc) is 3.39. The fraction of sp³-hybridized carbons (Fsp3) is 0.360. The largest absolute Gasteiger partial charge is 0.492 e. The van der Waals surface area contributed by atoms with E-state index in [-0.39, 0.29) is 25.0 Å². The van der Waals surface area contributed by atoms with Gasteiger partial charge in [-0.3, -0.25) is 9.48 Å². The maximum absolute atomic E-state index is 13.2. The van der Waals surface area contributed by atoms with E-state index >= 15 is 0 Å². The molecule has 5 nitrogen and oxygen atoms in total. The lowest BCUT2D eigenvalue weighted by Crippen LogP contribution is -2.13. The standard InChI is InChI=1S/C25H25F3N2O3/c1-2-32-24(31)15-19-9-8-18-14-20(10-11-21(18)19)33-13-12-30-22(17-6-4-3-5-7-17)16-23(29-30)25(26,27)28/h3-7,10-11,14,16,19H,2,8-9,12-13,15H2,1H3/t19-/m0/s1. The van der Waals surface area contributed by atoms with Gasteiger partial charge in [-0.2, -0.15) is 18.3 Å². The molecule has 1 heterocycles. The van der Waals surface area contributed by atoms with Gasteiger partial charge in [0.25, 0.3) is 0 Å². The summed E-state index contributed by atoms with van der Waals surface area (Å²) in [6.07, 6.45) is -2.42. The molecule has 0 fully saturated rings. The Labute approximate surface area is 190 Å². The third kappa shape index (κ3) is 5.38. The van der Waals surface area contributed by atoms with Crippen LogP contribution in [0.5, 0.6) is 5.75 Å². The summed E-state index contributed by atoms with van der Waals surface area (Å²) in [5.74, 6) is 0.601. The van der Waals surface area contributed by atoms with E-state index in [0.717, 1.165) is 30.0 Å². The lowest BCUT2D eigenvalue weighted by Gasteiger charge is -2.13. The van der Waals surface area contributed by atoms with Crippen molar-refractivity contribution in [2.45, 2.75) is 44.8 Å². The van der Waals surface area contributed by atoms with E-state index in [0.29, 0.717) is 30.0 Å². The fourth-order valence-corrected chi connectivity index (χ4v) is 4.22. The first kappa shape index (κ1) is 22.9. The van der Waals surface area contributed by atoms with Crippen LogP contribution in [0.1, 0.15) is 42.5 Å². The number of rotatable bonds is 8. The van der Waals surface area contributed by atoms with E-state index in [9.17, 15) is 18.0 Å². The SMILES string of the molecule is CCOC(=O)C[C@@H]1CCc2cc(OCCn3nc(C(F)(F)F)cc3-c3ccccc3)ccc21. The van der Waals surface area contributed by atoms with E-state index in [1.54, 1.807) is 31.2 Å². The van der Waals surface area contributed by atoms with Crippen LogP contribution in [0.15, 0.2) is 54.6 Å². The summed E-state index contributed by atoms with van der Waals surface area (Å²) in [7, 11) is 0. The summed E-state index contributed by atoms with van der Waals surface area (Å²) >= 11 is 0. The van der Waals surface area contributed by atoms with Crippen LogP contribution in [0, 0.1) is 0 Å². The molecule has 1 aliphatic rings. The number of esters is 1. The molecule has 4 rings (SSSR count). The summed E-state index contributed by atoms with van der Waals surface area (Å²) in [5.41, 5.74) is 2.38. The van der Waals surface area contributed by atoms with Crippen molar-refractivity contribution in [3.63, 3.8) is 0 Å². The molecular weight excluding hydrogens is 433 g/mol. The molecule has 0 amide bonds. The molecule has 174 valence electrons. The molecule has 3 aromatic rings. The summed E-state index contributed by atoms with van der Waals surface area (Å²) in [5, 5.41) is 3.77. The average molecular weight is 458 g/mol. The van der Waals surface area contributed by atoms with Crippen LogP contribution >= 0.6 is 0 Å². The van der Waals surface area contributed by atoms with Gasteiger partial charge < -0.3 is 9.47 Å². The third-order valence-corrected chi connectivity index (χ3v) is 5.75. The van der Waals surface area contributed by atoms with Gasteiger partial charge >= 0.3 is 12.1 Å². The van der Waals surface area contributed by atoms with Crippen LogP contribution in [0.2, 0.25) is 0 Å². The van der Waals surface area contributed by atoms with Crippen LogP contribution in [0.25, 0.3) is 11.3 Å². The van der Waals surface area contributed by atoms with Gasteiger partial charge in [-0.05, 0) is 60.6 Å². The normalized spacial score (nSPS) is 15.3. The topological polar surface area (TPSA) is 53.4 Å². The highest BCUT2D eigenvalue weighted by atomic mass is 19.4. The molecule has 0 saturated heterocycles. The van der Waals surface area contributed by atoms with E-state index in [1.165, 1.54) is 4.68 Å². The highest BCUT2D eigenvalue weighted by molar-refractivity contribution is 5.71. The summed E-state index contributed by atoms with van der Waals surface area (Å²) < 4.78 is 51.9. The number of aryl methyl sites for hydroxylation is 1. The zero-order valence-corrected chi connectivity index (χ0v) is 18.3. The molecule has 33 heavy (non-hydrogen) atoms. The van der Waals surface area contributed by atoms with Crippen molar-refractivity contribution in [2.24, 2.45) is 0 Å². The minimum atomic E-state index is -4.52. The number of hydrogen-bond acceptors (Lipinski definition) is 4. The predicted octanol–water partition coefficient (Wildman–Crippen LogP) is 5.63. The lowest BCUT2D eigenvalue weighted by atomic mass is 9.98. The number of alkyl halides is 3. The number of ether oxygens (including phenoxy) is 2. The number of carbonyl (C=O) groups is 1. The predicted molar refractivity (Wildman–Crippen MR) is 117 cm³/mol. The highest BCUT2D eigenvalue weighted by Crippen LogP contribution is 2.37. The Balaban J connectivity index is 1.43. The quantitative estimate of drug-likeness (QED) is 0.411. The molecule has 8 heteroatoms. The molecule has 0 radical (unpaired) electrons.